The minimum atomic E-state index is -4.89. The summed E-state index contributed by atoms with van der Waals surface area (Å²) in [7, 11) is 0. The van der Waals surface area contributed by atoms with Gasteiger partial charge in [-0.25, -0.2) is 5.10 Å². The molecule has 0 bridgehead atoms. The molecular weight excluding hydrogens is 331 g/mol. The smallest absolute Gasteiger partial charge is 0.406 e. The molecule has 8 nitrogen and oxygen atoms in total. The third-order valence-electron chi connectivity index (χ3n) is 2.98. The van der Waals surface area contributed by atoms with Crippen LogP contribution >= 0.6 is 0 Å². The molecule has 1 aromatic carbocycles. The Hall–Kier alpha value is -3.37. The van der Waals surface area contributed by atoms with Gasteiger partial charge in [0.2, 0.25) is 11.4 Å². The van der Waals surface area contributed by atoms with Crippen LogP contribution in [0.15, 0.2) is 35.5 Å². The van der Waals surface area contributed by atoms with Crippen molar-refractivity contribution in [3.63, 3.8) is 0 Å². The molecule has 0 aliphatic heterocycles. The van der Waals surface area contributed by atoms with Crippen LogP contribution in [0.25, 0.3) is 10.9 Å². The van der Waals surface area contributed by atoms with Gasteiger partial charge in [0, 0.05) is 17.1 Å². The Morgan fingerprint density at radius 1 is 1.29 bits per heavy atom. The van der Waals surface area contributed by atoms with E-state index >= 15 is 0 Å². The van der Waals surface area contributed by atoms with Crippen LogP contribution in [0, 0.1) is 0 Å². The number of pyridine rings is 1. The molecule has 1 amide bonds. The first-order valence-corrected chi connectivity index (χ1v) is 6.41. The molecule has 3 N–H and O–H groups in total. The number of benzene rings is 1. The Bertz CT molecular complexity index is 950. The maximum atomic E-state index is 12.4. The molecule has 0 saturated carbocycles. The first kappa shape index (κ1) is 15.5. The van der Waals surface area contributed by atoms with E-state index < -0.39 is 23.4 Å². The third-order valence-corrected chi connectivity index (χ3v) is 2.98. The van der Waals surface area contributed by atoms with Gasteiger partial charge in [0.1, 0.15) is 17.6 Å². The number of alkyl halides is 3. The van der Waals surface area contributed by atoms with Crippen molar-refractivity contribution < 1.29 is 22.7 Å². The van der Waals surface area contributed by atoms with Gasteiger partial charge in [-0.05, 0) is 18.2 Å². The topological polar surface area (TPSA) is 113 Å². The van der Waals surface area contributed by atoms with E-state index in [1.807, 2.05) is 0 Å². The monoisotopic (exact) mass is 339 g/mol. The average molecular weight is 339 g/mol. The summed E-state index contributed by atoms with van der Waals surface area (Å²) in [5.74, 6) is -1.33. The van der Waals surface area contributed by atoms with Crippen molar-refractivity contribution in [1.29, 1.82) is 0 Å². The van der Waals surface area contributed by atoms with Crippen molar-refractivity contribution in [2.45, 2.75) is 6.36 Å². The van der Waals surface area contributed by atoms with Crippen molar-refractivity contribution in [2.75, 3.05) is 5.32 Å². The Balaban J connectivity index is 1.99. The molecule has 3 aromatic rings. The van der Waals surface area contributed by atoms with Gasteiger partial charge >= 0.3 is 6.36 Å². The number of ether oxygens (including phenoxy) is 1. The molecule has 0 atom stereocenters. The molecule has 0 aliphatic carbocycles. The molecule has 0 radical (unpaired) electrons. The van der Waals surface area contributed by atoms with E-state index in [0.717, 1.165) is 24.7 Å². The maximum absolute atomic E-state index is 12.4. The van der Waals surface area contributed by atoms with E-state index in [1.54, 1.807) is 0 Å². The van der Waals surface area contributed by atoms with Crippen LogP contribution in [0.1, 0.15) is 10.4 Å². The predicted molar refractivity (Wildman–Crippen MR) is 75.6 cm³/mol. The highest BCUT2D eigenvalue weighted by Gasteiger charge is 2.31. The van der Waals surface area contributed by atoms with E-state index in [0.29, 0.717) is 0 Å². The summed E-state index contributed by atoms with van der Waals surface area (Å²) >= 11 is 0. The second kappa shape index (κ2) is 5.68. The van der Waals surface area contributed by atoms with Gasteiger partial charge < -0.3 is 9.72 Å². The number of carbonyl (C=O) groups excluding carboxylic acids is 1. The fraction of sp³-hybridized carbons (Fsp3) is 0.0769. The molecule has 2 heterocycles. The number of amides is 1. The van der Waals surface area contributed by atoms with Crippen LogP contribution in [-0.2, 0) is 0 Å². The number of aromatic nitrogens is 4. The molecule has 124 valence electrons. The lowest BCUT2D eigenvalue weighted by atomic mass is 10.1. The normalized spacial score (nSPS) is 11.5. The molecule has 3 rings (SSSR count). The number of nitrogens with one attached hydrogen (secondary N) is 3. The first-order chi connectivity index (χ1) is 11.3. The number of rotatable bonds is 3. The molecule has 0 aliphatic rings. The second-order valence-corrected chi connectivity index (χ2v) is 4.57. The van der Waals surface area contributed by atoms with E-state index in [4.69, 9.17) is 0 Å². The summed E-state index contributed by atoms with van der Waals surface area (Å²) in [4.78, 5) is 30.8. The number of anilines is 1. The number of hydrogen-bond acceptors (Lipinski definition) is 5. The summed E-state index contributed by atoms with van der Waals surface area (Å²) in [6.07, 6.45) is -2.58. The highest BCUT2D eigenvalue weighted by atomic mass is 19.4. The number of hydrogen-bond donors (Lipinski definition) is 3. The fourth-order valence-electron chi connectivity index (χ4n) is 2.00. The quantitative estimate of drug-likeness (QED) is 0.673. The zero-order valence-corrected chi connectivity index (χ0v) is 11.6. The Kier molecular flexibility index (Phi) is 3.67. The van der Waals surface area contributed by atoms with Crippen LogP contribution in [0.3, 0.4) is 0 Å². The lowest BCUT2D eigenvalue weighted by Crippen LogP contribution is -2.22. The lowest BCUT2D eigenvalue weighted by Gasteiger charge is -2.09. The fourth-order valence-corrected chi connectivity index (χ4v) is 2.00. The number of aromatic amines is 2. The van der Waals surface area contributed by atoms with Gasteiger partial charge in [0.05, 0.1) is 0 Å². The largest absolute Gasteiger partial charge is 0.573 e. The molecule has 11 heteroatoms. The maximum Gasteiger partial charge on any atom is 0.573 e. The van der Waals surface area contributed by atoms with Crippen LogP contribution in [0.5, 0.6) is 5.75 Å². The zero-order valence-electron chi connectivity index (χ0n) is 11.6. The van der Waals surface area contributed by atoms with Crippen LogP contribution in [0.2, 0.25) is 0 Å². The Morgan fingerprint density at radius 2 is 2.08 bits per heavy atom. The van der Waals surface area contributed by atoms with Gasteiger partial charge in [-0.1, -0.05) is 0 Å². The Labute approximate surface area is 130 Å². The zero-order chi connectivity index (χ0) is 17.3. The van der Waals surface area contributed by atoms with Crippen molar-refractivity contribution in [3.05, 3.63) is 46.5 Å². The van der Waals surface area contributed by atoms with Crippen LogP contribution in [0.4, 0.5) is 19.1 Å². The van der Waals surface area contributed by atoms with Gasteiger partial charge in [-0.3, -0.25) is 14.9 Å². The van der Waals surface area contributed by atoms with Gasteiger partial charge in [0.15, 0.2) is 0 Å². The van der Waals surface area contributed by atoms with Gasteiger partial charge in [-0.15, -0.1) is 13.2 Å². The molecule has 0 unspecified atom stereocenters. The Morgan fingerprint density at radius 3 is 2.75 bits per heavy atom. The SMILES string of the molecule is O=C(Nc1ncn[nH]1)c1c[nH]c2ccc(OC(F)(F)F)cc2c1=O. The number of halogens is 3. The molecule has 0 spiro atoms. The number of fused-ring (bicyclic) bond motifs is 1. The number of nitrogens with zero attached hydrogens (tertiary/aromatic N) is 2. The van der Waals surface area contributed by atoms with Crippen molar-refractivity contribution in [3.8, 4) is 5.75 Å². The van der Waals surface area contributed by atoms with Gasteiger partial charge in [-0.2, -0.15) is 10.1 Å². The number of H-pyrrole nitrogens is 2. The van der Waals surface area contributed by atoms with E-state index in [1.165, 1.54) is 6.07 Å². The standard InChI is InChI=1S/C13H8F3N5O3/c14-13(15,16)24-6-1-2-9-7(3-6)10(22)8(4-17-9)11(23)20-12-18-5-19-21-12/h1-5H,(H,17,22)(H2,18,19,20,21,23). The number of carbonyl (C=O) groups is 1. The molecule has 0 fully saturated rings. The molecule has 0 saturated heterocycles. The van der Waals surface area contributed by atoms with Gasteiger partial charge in [0.25, 0.3) is 5.91 Å². The molecular formula is C13H8F3N5O3. The minimum Gasteiger partial charge on any atom is -0.406 e. The van der Waals surface area contributed by atoms with E-state index in [9.17, 15) is 22.8 Å². The molecule has 24 heavy (non-hydrogen) atoms. The summed E-state index contributed by atoms with van der Waals surface area (Å²) < 4.78 is 40.6. The summed E-state index contributed by atoms with van der Waals surface area (Å²) in [6, 6.07) is 3.21. The lowest BCUT2D eigenvalue weighted by molar-refractivity contribution is -0.274. The van der Waals surface area contributed by atoms with Crippen molar-refractivity contribution in [1.82, 2.24) is 20.2 Å². The van der Waals surface area contributed by atoms with Crippen molar-refractivity contribution in [2.24, 2.45) is 0 Å². The minimum absolute atomic E-state index is 0.0219. The van der Waals surface area contributed by atoms with E-state index in [-0.39, 0.29) is 22.4 Å². The van der Waals surface area contributed by atoms with Crippen molar-refractivity contribution >= 4 is 22.8 Å². The summed E-state index contributed by atoms with van der Waals surface area (Å²) in [6.45, 7) is 0. The highest BCUT2D eigenvalue weighted by molar-refractivity contribution is 6.04. The summed E-state index contributed by atoms with van der Waals surface area (Å²) in [5, 5.41) is 8.08. The van der Waals surface area contributed by atoms with Crippen LogP contribution in [-0.4, -0.2) is 32.4 Å². The summed E-state index contributed by atoms with van der Waals surface area (Å²) in [5.41, 5.74) is -0.804. The highest BCUT2D eigenvalue weighted by Crippen LogP contribution is 2.24. The second-order valence-electron chi connectivity index (χ2n) is 4.57. The first-order valence-electron chi connectivity index (χ1n) is 6.41. The predicted octanol–water partition coefficient (Wildman–Crippen LogP) is 1.80. The third kappa shape index (κ3) is 3.19. The van der Waals surface area contributed by atoms with Crippen LogP contribution < -0.4 is 15.5 Å². The molecule has 2 aromatic heterocycles. The average Bonchev–Trinajstić information content (AvgIpc) is 2.99. The van der Waals surface area contributed by atoms with E-state index in [2.05, 4.69) is 30.2 Å².